The lowest BCUT2D eigenvalue weighted by atomic mass is 10.0. The molecule has 2 amide bonds. The molecule has 1 unspecified atom stereocenters. The minimum absolute atomic E-state index is 0.101. The Balaban J connectivity index is 1.96. The Hall–Kier alpha value is -2.68. The van der Waals surface area contributed by atoms with Gasteiger partial charge in [0.05, 0.1) is 17.5 Å². The van der Waals surface area contributed by atoms with Crippen LogP contribution in [-0.4, -0.2) is 40.7 Å². The molecule has 0 bridgehead atoms. The van der Waals surface area contributed by atoms with Gasteiger partial charge in [-0.05, 0) is 43.6 Å². The second-order valence-corrected chi connectivity index (χ2v) is 7.56. The second kappa shape index (κ2) is 10.8. The van der Waals surface area contributed by atoms with Crippen molar-refractivity contribution in [3.8, 4) is 0 Å². The molecule has 0 aliphatic carbocycles. The molecule has 1 atom stereocenters. The van der Waals surface area contributed by atoms with Gasteiger partial charge in [-0.25, -0.2) is 4.79 Å². The number of amides is 2. The Labute approximate surface area is 174 Å². The molecule has 0 saturated heterocycles. The number of carbonyl (C=O) groups is 2. The number of H-pyrrole nitrogens is 1. The summed E-state index contributed by atoms with van der Waals surface area (Å²) in [5.74, 6) is 0.118. The van der Waals surface area contributed by atoms with E-state index in [0.717, 1.165) is 0 Å². The first-order chi connectivity index (χ1) is 13.8. The zero-order chi connectivity index (χ0) is 21.4. The van der Waals surface area contributed by atoms with E-state index >= 15 is 0 Å². The molecule has 1 heterocycles. The lowest BCUT2D eigenvalue weighted by Gasteiger charge is -2.20. The van der Waals surface area contributed by atoms with E-state index in [4.69, 9.17) is 17.0 Å². The number of aromatic amines is 1. The topological polar surface area (TPSA) is 105 Å². The molecule has 1 aromatic heterocycles. The molecule has 0 aliphatic heterocycles. The van der Waals surface area contributed by atoms with Crippen molar-refractivity contribution in [1.82, 2.24) is 20.2 Å². The lowest BCUT2D eigenvalue weighted by Crippen LogP contribution is -2.44. The maximum Gasteiger partial charge on any atom is 0.407 e. The molecule has 0 radical (unpaired) electrons. The van der Waals surface area contributed by atoms with Crippen LogP contribution in [0.3, 0.4) is 0 Å². The van der Waals surface area contributed by atoms with Gasteiger partial charge in [-0.3, -0.25) is 14.2 Å². The van der Waals surface area contributed by atoms with Crippen molar-refractivity contribution in [3.63, 3.8) is 0 Å². The van der Waals surface area contributed by atoms with E-state index in [9.17, 15) is 14.4 Å². The number of alkyl carbamates (subject to hydrolysis) is 1. The van der Waals surface area contributed by atoms with Crippen LogP contribution in [0, 0.1) is 10.7 Å². The van der Waals surface area contributed by atoms with E-state index < -0.39 is 6.09 Å². The molecule has 0 fully saturated rings. The maximum atomic E-state index is 12.6. The molecule has 9 heteroatoms. The van der Waals surface area contributed by atoms with Gasteiger partial charge in [-0.1, -0.05) is 26.0 Å². The first-order valence-electron chi connectivity index (χ1n) is 9.73. The van der Waals surface area contributed by atoms with Gasteiger partial charge < -0.3 is 20.4 Å². The molecule has 0 spiro atoms. The Morgan fingerprint density at radius 2 is 2.00 bits per heavy atom. The number of fused-ring (bicyclic) bond motifs is 1. The zero-order valence-electron chi connectivity index (χ0n) is 17.0. The molecule has 8 nitrogen and oxygen atoms in total. The van der Waals surface area contributed by atoms with Crippen LogP contribution in [0.4, 0.5) is 4.79 Å². The number of ether oxygens (including phenoxy) is 1. The van der Waals surface area contributed by atoms with E-state index in [-0.39, 0.29) is 48.4 Å². The molecule has 3 N–H and O–H groups in total. The minimum Gasteiger partial charge on any atom is -0.450 e. The standard InChI is InChI=1S/C20H28N4O4S/c1-4-28-20(27)22-14(11-13(2)3)12-21-17(25)9-10-24-18(26)15-7-5-6-8-16(15)23-19(24)29/h5-8,13-14H,4,9-12H2,1-3H3,(H,21,25)(H,22,27)(H,23,29). The van der Waals surface area contributed by atoms with Crippen LogP contribution in [-0.2, 0) is 16.1 Å². The highest BCUT2D eigenvalue weighted by Gasteiger charge is 2.16. The summed E-state index contributed by atoms with van der Waals surface area (Å²) in [6.07, 6.45) is 0.305. The van der Waals surface area contributed by atoms with Crippen molar-refractivity contribution in [1.29, 1.82) is 0 Å². The Morgan fingerprint density at radius 3 is 2.69 bits per heavy atom. The van der Waals surface area contributed by atoms with Gasteiger partial charge in [0.25, 0.3) is 5.56 Å². The zero-order valence-corrected chi connectivity index (χ0v) is 17.8. The second-order valence-electron chi connectivity index (χ2n) is 7.18. The van der Waals surface area contributed by atoms with Crippen molar-refractivity contribution >= 4 is 35.1 Å². The van der Waals surface area contributed by atoms with Gasteiger partial charge in [0, 0.05) is 25.6 Å². The van der Waals surface area contributed by atoms with Crippen LogP contribution in [0.25, 0.3) is 10.9 Å². The summed E-state index contributed by atoms with van der Waals surface area (Å²) >= 11 is 5.26. The number of aromatic nitrogens is 2. The smallest absolute Gasteiger partial charge is 0.407 e. The van der Waals surface area contributed by atoms with E-state index in [1.807, 2.05) is 19.9 Å². The Bertz CT molecular complexity index is 967. The van der Waals surface area contributed by atoms with Crippen molar-refractivity contribution < 1.29 is 14.3 Å². The average Bonchev–Trinajstić information content (AvgIpc) is 2.65. The number of benzene rings is 1. The molecule has 1 aromatic carbocycles. The highest BCUT2D eigenvalue weighted by molar-refractivity contribution is 7.71. The Morgan fingerprint density at radius 1 is 1.28 bits per heavy atom. The van der Waals surface area contributed by atoms with Gasteiger partial charge in [0.1, 0.15) is 0 Å². The SMILES string of the molecule is CCOC(=O)NC(CNC(=O)CCn1c(=S)[nH]c2ccccc2c1=O)CC(C)C. The van der Waals surface area contributed by atoms with E-state index in [1.165, 1.54) is 4.57 Å². The molecule has 2 rings (SSSR count). The van der Waals surface area contributed by atoms with Gasteiger partial charge in [-0.15, -0.1) is 0 Å². The molecular weight excluding hydrogens is 392 g/mol. The van der Waals surface area contributed by atoms with Crippen molar-refractivity contribution in [2.24, 2.45) is 5.92 Å². The summed E-state index contributed by atoms with van der Waals surface area (Å²) < 4.78 is 6.58. The molecular formula is C20H28N4O4S. The highest BCUT2D eigenvalue weighted by atomic mass is 32.1. The number of nitrogens with zero attached hydrogens (tertiary/aromatic N) is 1. The number of nitrogens with one attached hydrogen (secondary N) is 3. The molecule has 29 heavy (non-hydrogen) atoms. The third kappa shape index (κ3) is 6.70. The molecule has 2 aromatic rings. The normalized spacial score (nSPS) is 12.0. The fraction of sp³-hybridized carbons (Fsp3) is 0.500. The fourth-order valence-corrected chi connectivity index (χ4v) is 3.33. The van der Waals surface area contributed by atoms with Crippen LogP contribution in [0.1, 0.15) is 33.6 Å². The third-order valence-corrected chi connectivity index (χ3v) is 4.67. The summed E-state index contributed by atoms with van der Waals surface area (Å²) in [7, 11) is 0. The van der Waals surface area contributed by atoms with Gasteiger partial charge >= 0.3 is 6.09 Å². The summed E-state index contributed by atoms with van der Waals surface area (Å²) in [5, 5.41) is 6.10. The predicted octanol–water partition coefficient (Wildman–Crippen LogP) is 2.73. The summed E-state index contributed by atoms with van der Waals surface area (Å²) in [5.41, 5.74) is 0.448. The first-order valence-corrected chi connectivity index (χ1v) is 10.1. The van der Waals surface area contributed by atoms with Crippen LogP contribution in [0.5, 0.6) is 0 Å². The number of rotatable bonds is 9. The maximum absolute atomic E-state index is 12.6. The molecule has 158 valence electrons. The number of carbonyl (C=O) groups excluding carboxylic acids is 2. The van der Waals surface area contributed by atoms with E-state index in [1.54, 1.807) is 25.1 Å². The largest absolute Gasteiger partial charge is 0.450 e. The van der Waals surface area contributed by atoms with Gasteiger partial charge in [0.2, 0.25) is 5.91 Å². The number of hydrogen-bond acceptors (Lipinski definition) is 5. The van der Waals surface area contributed by atoms with Crippen molar-refractivity contribution in [2.45, 2.75) is 46.2 Å². The van der Waals surface area contributed by atoms with Gasteiger partial charge in [-0.2, -0.15) is 0 Å². The van der Waals surface area contributed by atoms with Gasteiger partial charge in [0.15, 0.2) is 4.77 Å². The van der Waals surface area contributed by atoms with E-state index in [2.05, 4.69) is 15.6 Å². The molecule has 0 aliphatic rings. The van der Waals surface area contributed by atoms with Crippen molar-refractivity contribution in [2.75, 3.05) is 13.2 Å². The monoisotopic (exact) mass is 420 g/mol. The van der Waals surface area contributed by atoms with E-state index in [0.29, 0.717) is 23.2 Å². The van der Waals surface area contributed by atoms with Crippen molar-refractivity contribution in [3.05, 3.63) is 39.4 Å². The average molecular weight is 421 g/mol. The quantitative estimate of drug-likeness (QED) is 0.541. The Kier molecular flexibility index (Phi) is 8.38. The fourth-order valence-electron chi connectivity index (χ4n) is 3.04. The van der Waals surface area contributed by atoms with Crippen LogP contribution in [0.2, 0.25) is 0 Å². The number of para-hydroxylation sites is 1. The molecule has 0 saturated carbocycles. The lowest BCUT2D eigenvalue weighted by molar-refractivity contribution is -0.121. The first kappa shape index (κ1) is 22.6. The third-order valence-electron chi connectivity index (χ3n) is 4.35. The van der Waals surface area contributed by atoms with Crippen LogP contribution >= 0.6 is 12.2 Å². The number of hydrogen-bond donors (Lipinski definition) is 3. The van der Waals surface area contributed by atoms with Crippen LogP contribution in [0.15, 0.2) is 29.1 Å². The summed E-state index contributed by atoms with van der Waals surface area (Å²) in [6, 6.07) is 6.88. The summed E-state index contributed by atoms with van der Waals surface area (Å²) in [4.78, 5) is 39.6. The minimum atomic E-state index is -0.499. The highest BCUT2D eigenvalue weighted by Crippen LogP contribution is 2.07. The van der Waals surface area contributed by atoms with Crippen LogP contribution < -0.4 is 16.2 Å². The summed E-state index contributed by atoms with van der Waals surface area (Å²) in [6.45, 7) is 6.55. The predicted molar refractivity (Wildman–Crippen MR) is 114 cm³/mol.